The number of nitrogens with one attached hydrogen (secondary N) is 1. The van der Waals surface area contributed by atoms with Gasteiger partial charge >= 0.3 is 12.1 Å². The second-order valence-electron chi connectivity index (χ2n) is 6.18. The number of nitrogens with two attached hydrogens (primary N) is 1. The van der Waals surface area contributed by atoms with Crippen LogP contribution in [0.2, 0.25) is 0 Å². The number of ether oxygens (including phenoxy) is 1. The van der Waals surface area contributed by atoms with E-state index in [4.69, 9.17) is 5.73 Å². The number of aromatic nitrogens is 3. The van der Waals surface area contributed by atoms with Gasteiger partial charge in [-0.3, -0.25) is 9.89 Å². The topological polar surface area (TPSA) is 93.9 Å². The van der Waals surface area contributed by atoms with Crippen LogP contribution in [0.1, 0.15) is 10.6 Å². The first-order valence-electron chi connectivity index (χ1n) is 8.29. The third-order valence-corrected chi connectivity index (χ3v) is 4.01. The number of hydrogen-bond donors (Lipinski definition) is 2. The van der Waals surface area contributed by atoms with Gasteiger partial charge in [-0.2, -0.15) is 27.1 Å². The number of benzene rings is 2. The molecule has 0 aliphatic carbocycles. The molecule has 0 bridgehead atoms. The molecule has 13 heteroatoms. The molecule has 1 amide bonds. The summed E-state index contributed by atoms with van der Waals surface area (Å²) in [5.74, 6) is -10.1. The van der Waals surface area contributed by atoms with E-state index in [9.17, 15) is 35.5 Å². The minimum atomic E-state index is -5.86. The number of carbonyl (C=O) groups is 1. The van der Waals surface area contributed by atoms with E-state index in [1.807, 2.05) is 0 Å². The van der Waals surface area contributed by atoms with Crippen molar-refractivity contribution >= 4 is 5.91 Å². The Labute approximate surface area is 168 Å². The van der Waals surface area contributed by atoms with Gasteiger partial charge in [0.25, 0.3) is 5.91 Å². The number of carbonyl (C=O) groups excluding carboxylic acids is 1. The van der Waals surface area contributed by atoms with Crippen LogP contribution >= 0.6 is 0 Å². The lowest BCUT2D eigenvalue weighted by molar-refractivity contribution is -0.289. The molecule has 0 aliphatic heterocycles. The molecule has 2 aromatic carbocycles. The lowest BCUT2D eigenvalue weighted by atomic mass is 10.0. The Kier molecular flexibility index (Phi) is 5.61. The smallest absolute Gasteiger partial charge is 0.456 e. The van der Waals surface area contributed by atoms with E-state index >= 15 is 0 Å². The molecule has 0 unspecified atom stereocenters. The van der Waals surface area contributed by atoms with Crippen molar-refractivity contribution < 1.29 is 40.3 Å². The highest BCUT2D eigenvalue weighted by atomic mass is 19.4. The molecule has 0 fully saturated rings. The molecule has 164 valence electrons. The van der Waals surface area contributed by atoms with Crippen molar-refractivity contribution in [1.29, 1.82) is 0 Å². The van der Waals surface area contributed by atoms with Crippen molar-refractivity contribution in [2.75, 3.05) is 6.61 Å². The number of primary amides is 1. The Morgan fingerprint density at radius 1 is 1.06 bits per heavy atom. The normalized spacial score (nSPS) is 12.1. The number of aromatic amines is 1. The number of alkyl halides is 5. The molecule has 31 heavy (non-hydrogen) atoms. The van der Waals surface area contributed by atoms with Crippen LogP contribution in [0.25, 0.3) is 22.5 Å². The summed E-state index contributed by atoms with van der Waals surface area (Å²) in [5.41, 5.74) is 4.08. The molecule has 3 N–H and O–H groups in total. The Hall–Kier alpha value is -3.64. The van der Waals surface area contributed by atoms with Crippen molar-refractivity contribution in [1.82, 2.24) is 15.2 Å². The van der Waals surface area contributed by atoms with E-state index in [1.54, 1.807) is 0 Å². The van der Waals surface area contributed by atoms with Crippen LogP contribution in [0.5, 0.6) is 5.75 Å². The maximum atomic E-state index is 14.5. The number of rotatable bonds is 6. The second kappa shape index (κ2) is 7.89. The summed E-state index contributed by atoms with van der Waals surface area (Å²) >= 11 is 0. The summed E-state index contributed by atoms with van der Waals surface area (Å²) in [6.07, 6.45) is -5.86. The standard InChI is InChI=1S/C18H11F7N4O2/c19-11-6-8(15-27-16(14(26)30)29-28-15)5-10(13(11)20)9-3-1-2-4-12(9)31-7-17(21,22)18(23,24)25/h1-6H,7H2,(H2,26,30)(H,27,28,29). The molecule has 0 atom stereocenters. The second-order valence-corrected chi connectivity index (χ2v) is 6.18. The molecule has 1 heterocycles. The zero-order chi connectivity index (χ0) is 23.0. The number of amides is 1. The highest BCUT2D eigenvalue weighted by molar-refractivity contribution is 5.89. The van der Waals surface area contributed by atoms with Crippen LogP contribution in [0, 0.1) is 11.6 Å². The van der Waals surface area contributed by atoms with Gasteiger partial charge in [0.05, 0.1) is 0 Å². The van der Waals surface area contributed by atoms with Gasteiger partial charge in [-0.1, -0.05) is 18.2 Å². The number of H-pyrrole nitrogens is 1. The van der Waals surface area contributed by atoms with Gasteiger partial charge in [-0.15, -0.1) is 0 Å². The first-order chi connectivity index (χ1) is 14.4. The fourth-order valence-corrected chi connectivity index (χ4v) is 2.48. The lowest BCUT2D eigenvalue weighted by Gasteiger charge is -2.21. The first kappa shape index (κ1) is 22.1. The van der Waals surface area contributed by atoms with Crippen LogP contribution in [0.4, 0.5) is 30.7 Å². The minimum absolute atomic E-state index is 0.131. The Morgan fingerprint density at radius 3 is 2.35 bits per heavy atom. The van der Waals surface area contributed by atoms with Crippen LogP contribution in [-0.2, 0) is 0 Å². The van der Waals surface area contributed by atoms with Crippen molar-refractivity contribution in [3.8, 4) is 28.3 Å². The third-order valence-electron chi connectivity index (χ3n) is 4.01. The maximum absolute atomic E-state index is 14.5. The number of para-hydroxylation sites is 1. The average Bonchev–Trinajstić information content (AvgIpc) is 3.18. The Balaban J connectivity index is 2.03. The van der Waals surface area contributed by atoms with E-state index in [0.29, 0.717) is 6.07 Å². The van der Waals surface area contributed by atoms with Crippen molar-refractivity contribution in [2.45, 2.75) is 12.1 Å². The summed E-state index contributed by atoms with van der Waals surface area (Å²) in [6, 6.07) is 6.42. The first-order valence-corrected chi connectivity index (χ1v) is 8.29. The summed E-state index contributed by atoms with van der Waals surface area (Å²) in [4.78, 5) is 14.8. The monoisotopic (exact) mass is 448 g/mol. The van der Waals surface area contributed by atoms with Crippen LogP contribution in [0.3, 0.4) is 0 Å². The lowest BCUT2D eigenvalue weighted by Crippen LogP contribution is -2.41. The molecule has 3 aromatic rings. The zero-order valence-corrected chi connectivity index (χ0v) is 15.1. The summed E-state index contributed by atoms with van der Waals surface area (Å²) in [7, 11) is 0. The van der Waals surface area contributed by atoms with Gasteiger partial charge in [0, 0.05) is 16.7 Å². The van der Waals surface area contributed by atoms with Gasteiger partial charge in [0.1, 0.15) is 5.75 Å². The average molecular weight is 448 g/mol. The summed E-state index contributed by atoms with van der Waals surface area (Å²) < 4.78 is 96.8. The molecule has 0 aliphatic rings. The predicted octanol–water partition coefficient (Wildman–Crippen LogP) is 4.09. The number of hydrogen-bond acceptors (Lipinski definition) is 4. The van der Waals surface area contributed by atoms with Crippen molar-refractivity contribution in [3.63, 3.8) is 0 Å². The summed E-state index contributed by atoms with van der Waals surface area (Å²) in [6.45, 7) is -2.07. The SMILES string of the molecule is NC(=O)c1nc(-c2cc(F)c(F)c(-c3ccccc3OCC(F)(F)C(F)(F)F)c2)n[nH]1. The molecule has 3 rings (SSSR count). The van der Waals surface area contributed by atoms with E-state index in [0.717, 1.165) is 18.2 Å². The van der Waals surface area contributed by atoms with Crippen LogP contribution in [-0.4, -0.2) is 39.8 Å². The third kappa shape index (κ3) is 4.44. The quantitative estimate of drug-likeness (QED) is 0.556. The van der Waals surface area contributed by atoms with Gasteiger partial charge in [0.15, 0.2) is 24.1 Å². The Morgan fingerprint density at radius 2 is 1.74 bits per heavy atom. The van der Waals surface area contributed by atoms with E-state index in [-0.39, 0.29) is 22.8 Å². The van der Waals surface area contributed by atoms with Crippen LogP contribution in [0.15, 0.2) is 36.4 Å². The number of nitrogens with zero attached hydrogens (tertiary/aromatic N) is 2. The van der Waals surface area contributed by atoms with E-state index in [2.05, 4.69) is 19.9 Å². The summed E-state index contributed by atoms with van der Waals surface area (Å²) in [5, 5.41) is 5.84. The van der Waals surface area contributed by atoms with Gasteiger partial charge in [0.2, 0.25) is 5.82 Å². The highest BCUT2D eigenvalue weighted by Crippen LogP contribution is 2.39. The van der Waals surface area contributed by atoms with Crippen molar-refractivity contribution in [2.24, 2.45) is 5.73 Å². The van der Waals surface area contributed by atoms with Gasteiger partial charge in [-0.05, 0) is 18.2 Å². The molecule has 0 radical (unpaired) electrons. The van der Waals surface area contributed by atoms with Crippen molar-refractivity contribution in [3.05, 3.63) is 53.9 Å². The molecule has 0 saturated heterocycles. The fraction of sp³-hybridized carbons (Fsp3) is 0.167. The molecule has 6 nitrogen and oxygen atoms in total. The zero-order valence-electron chi connectivity index (χ0n) is 15.1. The largest absolute Gasteiger partial charge is 0.486 e. The minimum Gasteiger partial charge on any atom is -0.486 e. The predicted molar refractivity (Wildman–Crippen MR) is 92.2 cm³/mol. The van der Waals surface area contributed by atoms with Gasteiger partial charge < -0.3 is 10.5 Å². The maximum Gasteiger partial charge on any atom is 0.456 e. The van der Waals surface area contributed by atoms with Gasteiger partial charge in [-0.25, -0.2) is 13.8 Å². The molecule has 0 spiro atoms. The molecular weight excluding hydrogens is 437 g/mol. The number of halogens is 7. The van der Waals surface area contributed by atoms with E-state index in [1.165, 1.54) is 12.1 Å². The molecular formula is C18H11F7N4O2. The van der Waals surface area contributed by atoms with Crippen LogP contribution < -0.4 is 10.5 Å². The Bertz CT molecular complexity index is 1130. The highest BCUT2D eigenvalue weighted by Gasteiger charge is 2.58. The van der Waals surface area contributed by atoms with E-state index < -0.39 is 47.6 Å². The fourth-order valence-electron chi connectivity index (χ4n) is 2.48. The molecule has 0 saturated carbocycles. The molecule has 1 aromatic heterocycles.